The van der Waals surface area contributed by atoms with E-state index in [0.29, 0.717) is 6.42 Å². The monoisotopic (exact) mass is 271 g/mol. The molecule has 0 aliphatic carbocycles. The number of hydrogen-bond donors (Lipinski definition) is 1. The first kappa shape index (κ1) is 17.5. The second-order valence-electron chi connectivity index (χ2n) is 5.47. The minimum absolute atomic E-state index is 0.278. The average molecular weight is 271 g/mol. The third-order valence-electron chi connectivity index (χ3n) is 2.02. The highest BCUT2D eigenvalue weighted by Gasteiger charge is 2.24. The molecule has 0 aliphatic heterocycles. The summed E-state index contributed by atoms with van der Waals surface area (Å²) in [6, 6.07) is -0.718. The Hall–Kier alpha value is -1.52. The van der Waals surface area contributed by atoms with E-state index >= 15 is 0 Å². The lowest BCUT2D eigenvalue weighted by atomic mass is 10.1. The molecule has 0 radical (unpaired) electrons. The third-order valence-corrected chi connectivity index (χ3v) is 2.02. The summed E-state index contributed by atoms with van der Waals surface area (Å²) in [5, 5.41) is 2.53. The number of carbonyl (C=O) groups is 2. The molecule has 0 bridgehead atoms. The Morgan fingerprint density at radius 1 is 1.26 bits per heavy atom. The summed E-state index contributed by atoms with van der Waals surface area (Å²) in [5.74, 6) is -0.453. The molecule has 1 N–H and O–H groups in total. The molecule has 5 nitrogen and oxygen atoms in total. The van der Waals surface area contributed by atoms with Crippen molar-refractivity contribution in [1.82, 2.24) is 5.32 Å². The summed E-state index contributed by atoms with van der Waals surface area (Å²) >= 11 is 0. The van der Waals surface area contributed by atoms with Crippen LogP contribution in [0.1, 0.15) is 48.0 Å². The van der Waals surface area contributed by atoms with Crippen molar-refractivity contribution in [1.29, 1.82) is 0 Å². The summed E-state index contributed by atoms with van der Waals surface area (Å²) in [7, 11) is 0. The molecule has 0 rings (SSSR count). The highest BCUT2D eigenvalue weighted by molar-refractivity contribution is 5.81. The Morgan fingerprint density at radius 3 is 2.26 bits per heavy atom. The van der Waals surface area contributed by atoms with E-state index in [9.17, 15) is 9.59 Å². The average Bonchev–Trinajstić information content (AvgIpc) is 2.21. The number of alkyl carbamates (subject to hydrolysis) is 1. The minimum Gasteiger partial charge on any atom is -0.464 e. The van der Waals surface area contributed by atoms with E-state index in [1.807, 2.05) is 19.9 Å². The van der Waals surface area contributed by atoms with Crippen LogP contribution in [0.5, 0.6) is 0 Å². The summed E-state index contributed by atoms with van der Waals surface area (Å²) < 4.78 is 10.1. The van der Waals surface area contributed by atoms with Gasteiger partial charge in [-0.1, -0.05) is 11.6 Å². The Kier molecular flexibility index (Phi) is 7.19. The van der Waals surface area contributed by atoms with Gasteiger partial charge in [0.15, 0.2) is 0 Å². The zero-order valence-electron chi connectivity index (χ0n) is 12.7. The van der Waals surface area contributed by atoms with E-state index < -0.39 is 23.7 Å². The molecule has 1 amide bonds. The molecule has 1 unspecified atom stereocenters. The van der Waals surface area contributed by atoms with Crippen LogP contribution in [0.25, 0.3) is 0 Å². The molecule has 0 heterocycles. The zero-order chi connectivity index (χ0) is 15.1. The lowest BCUT2D eigenvalue weighted by molar-refractivity contribution is -0.145. The van der Waals surface area contributed by atoms with E-state index in [2.05, 4.69) is 5.32 Å². The number of amides is 1. The van der Waals surface area contributed by atoms with Gasteiger partial charge in [0.25, 0.3) is 0 Å². The van der Waals surface area contributed by atoms with Crippen LogP contribution in [-0.2, 0) is 14.3 Å². The quantitative estimate of drug-likeness (QED) is 0.617. The van der Waals surface area contributed by atoms with Gasteiger partial charge in [0.1, 0.15) is 11.6 Å². The van der Waals surface area contributed by atoms with Crippen molar-refractivity contribution >= 4 is 12.1 Å². The van der Waals surface area contributed by atoms with Crippen molar-refractivity contribution in [3.63, 3.8) is 0 Å². The third kappa shape index (κ3) is 9.11. The van der Waals surface area contributed by atoms with Gasteiger partial charge in [0.05, 0.1) is 6.61 Å². The van der Waals surface area contributed by atoms with Gasteiger partial charge in [0, 0.05) is 0 Å². The van der Waals surface area contributed by atoms with Crippen LogP contribution in [0.2, 0.25) is 0 Å². The van der Waals surface area contributed by atoms with Crippen molar-refractivity contribution in [2.24, 2.45) is 0 Å². The van der Waals surface area contributed by atoms with Gasteiger partial charge in [-0.05, 0) is 48.0 Å². The summed E-state index contributed by atoms with van der Waals surface area (Å²) in [4.78, 5) is 23.4. The van der Waals surface area contributed by atoms with Crippen LogP contribution in [0, 0.1) is 0 Å². The first-order valence-corrected chi connectivity index (χ1v) is 6.45. The van der Waals surface area contributed by atoms with Crippen LogP contribution >= 0.6 is 0 Å². The molecular weight excluding hydrogens is 246 g/mol. The molecule has 1 atom stereocenters. The van der Waals surface area contributed by atoms with Crippen LogP contribution in [0.3, 0.4) is 0 Å². The lowest BCUT2D eigenvalue weighted by Crippen LogP contribution is -2.44. The molecule has 19 heavy (non-hydrogen) atoms. The number of allylic oxidation sites excluding steroid dienone is 1. The lowest BCUT2D eigenvalue weighted by Gasteiger charge is -2.22. The topological polar surface area (TPSA) is 64.6 Å². The van der Waals surface area contributed by atoms with Gasteiger partial charge < -0.3 is 14.8 Å². The fourth-order valence-corrected chi connectivity index (χ4v) is 1.26. The highest BCUT2D eigenvalue weighted by atomic mass is 16.6. The van der Waals surface area contributed by atoms with Crippen molar-refractivity contribution in [2.75, 3.05) is 6.61 Å². The zero-order valence-corrected chi connectivity index (χ0v) is 12.7. The van der Waals surface area contributed by atoms with Crippen LogP contribution < -0.4 is 5.32 Å². The predicted octanol–water partition coefficient (Wildman–Crippen LogP) is 2.80. The maximum Gasteiger partial charge on any atom is 0.408 e. The maximum absolute atomic E-state index is 11.7. The molecule has 5 heteroatoms. The van der Waals surface area contributed by atoms with E-state index in [4.69, 9.17) is 9.47 Å². The first-order valence-electron chi connectivity index (χ1n) is 6.45. The van der Waals surface area contributed by atoms with Crippen LogP contribution in [0.4, 0.5) is 4.79 Å². The molecule has 110 valence electrons. The molecular formula is C14H25NO4. The van der Waals surface area contributed by atoms with Crippen molar-refractivity contribution in [2.45, 2.75) is 59.6 Å². The van der Waals surface area contributed by atoms with E-state index in [1.165, 1.54) is 0 Å². The Morgan fingerprint density at radius 2 is 1.84 bits per heavy atom. The molecule has 0 aromatic heterocycles. The largest absolute Gasteiger partial charge is 0.464 e. The second kappa shape index (κ2) is 7.81. The molecule has 0 saturated heterocycles. The molecule has 0 fully saturated rings. The van der Waals surface area contributed by atoms with Crippen molar-refractivity contribution < 1.29 is 19.1 Å². The van der Waals surface area contributed by atoms with Gasteiger partial charge in [-0.15, -0.1) is 0 Å². The number of rotatable bonds is 5. The van der Waals surface area contributed by atoms with Crippen LogP contribution in [-0.4, -0.2) is 30.3 Å². The first-order chi connectivity index (χ1) is 8.65. The SMILES string of the molecule is CCOC(=O)C(CC=C(C)C)NC(=O)OC(C)(C)C. The molecule has 0 aliphatic rings. The number of esters is 1. The summed E-state index contributed by atoms with van der Waals surface area (Å²) in [5.41, 5.74) is 0.472. The Labute approximate surface area is 115 Å². The van der Waals surface area contributed by atoms with E-state index in [-0.39, 0.29) is 6.61 Å². The van der Waals surface area contributed by atoms with Gasteiger partial charge in [-0.3, -0.25) is 0 Å². The Bertz CT molecular complexity index is 338. The Balaban J connectivity index is 4.62. The fraction of sp³-hybridized carbons (Fsp3) is 0.714. The summed E-state index contributed by atoms with van der Waals surface area (Å²) in [6.07, 6.45) is 1.65. The van der Waals surface area contributed by atoms with Crippen LogP contribution in [0.15, 0.2) is 11.6 Å². The highest BCUT2D eigenvalue weighted by Crippen LogP contribution is 2.08. The molecule has 0 spiro atoms. The minimum atomic E-state index is -0.718. The fourth-order valence-electron chi connectivity index (χ4n) is 1.26. The maximum atomic E-state index is 11.7. The van der Waals surface area contributed by atoms with Gasteiger partial charge >= 0.3 is 12.1 Å². The predicted molar refractivity (Wildman–Crippen MR) is 73.8 cm³/mol. The van der Waals surface area contributed by atoms with Gasteiger partial charge in [-0.2, -0.15) is 0 Å². The number of ether oxygens (including phenoxy) is 2. The normalized spacial score (nSPS) is 12.3. The standard InChI is InChI=1S/C14H25NO4/c1-7-18-12(16)11(9-8-10(2)3)15-13(17)19-14(4,5)6/h8,11H,7,9H2,1-6H3,(H,15,17). The smallest absolute Gasteiger partial charge is 0.408 e. The molecule has 0 aromatic carbocycles. The number of carbonyl (C=O) groups excluding carboxylic acids is 2. The number of hydrogen-bond acceptors (Lipinski definition) is 4. The van der Waals surface area contributed by atoms with E-state index in [0.717, 1.165) is 5.57 Å². The molecule has 0 aromatic rings. The number of nitrogens with one attached hydrogen (secondary N) is 1. The van der Waals surface area contributed by atoms with Crippen molar-refractivity contribution in [3.8, 4) is 0 Å². The van der Waals surface area contributed by atoms with E-state index in [1.54, 1.807) is 27.7 Å². The van der Waals surface area contributed by atoms with Crippen molar-refractivity contribution in [3.05, 3.63) is 11.6 Å². The van der Waals surface area contributed by atoms with Gasteiger partial charge in [0.2, 0.25) is 0 Å². The molecule has 0 saturated carbocycles. The van der Waals surface area contributed by atoms with Gasteiger partial charge in [-0.25, -0.2) is 9.59 Å². The summed E-state index contributed by atoms with van der Waals surface area (Å²) in [6.45, 7) is 11.2. The second-order valence-corrected chi connectivity index (χ2v) is 5.47.